The van der Waals surface area contributed by atoms with Crippen LogP contribution < -0.4 is 0 Å². The maximum Gasteiger partial charge on any atom is 0.0456 e. The van der Waals surface area contributed by atoms with E-state index in [1.54, 1.807) is 0 Å². The van der Waals surface area contributed by atoms with Gasteiger partial charge in [-0.3, -0.25) is 0 Å². The first-order valence-corrected chi connectivity index (χ1v) is 7.92. The van der Waals surface area contributed by atoms with Crippen LogP contribution in [-0.4, -0.2) is 23.4 Å². The zero-order valence-corrected chi connectivity index (χ0v) is 12.5. The van der Waals surface area contributed by atoms with Crippen molar-refractivity contribution in [2.45, 2.75) is 78.1 Å². The Bertz CT molecular complexity index is 141. The fraction of sp³-hybridized carbons (Fsp3) is 1.00. The molecule has 0 heterocycles. The van der Waals surface area contributed by atoms with E-state index in [0.29, 0.717) is 25.0 Å². The lowest BCUT2D eigenvalue weighted by Gasteiger charge is -2.08. The van der Waals surface area contributed by atoms with Crippen LogP contribution in [0, 0.1) is 11.8 Å². The minimum atomic E-state index is 0.340. The van der Waals surface area contributed by atoms with Gasteiger partial charge in [0.05, 0.1) is 0 Å². The predicted molar refractivity (Wildman–Crippen MR) is 78.7 cm³/mol. The number of aliphatic hydroxyl groups excluding tert-OH is 2. The smallest absolute Gasteiger partial charge is 0.0456 e. The van der Waals surface area contributed by atoms with Crippen molar-refractivity contribution < 1.29 is 10.2 Å². The van der Waals surface area contributed by atoms with Gasteiger partial charge in [0.25, 0.3) is 0 Å². The van der Waals surface area contributed by atoms with Crippen molar-refractivity contribution in [3.05, 3.63) is 0 Å². The molecule has 0 aromatic carbocycles. The van der Waals surface area contributed by atoms with Gasteiger partial charge in [0, 0.05) is 13.2 Å². The van der Waals surface area contributed by atoms with Crippen LogP contribution in [0.3, 0.4) is 0 Å². The second-order valence-electron chi connectivity index (χ2n) is 5.98. The highest BCUT2D eigenvalue weighted by Crippen LogP contribution is 2.14. The largest absolute Gasteiger partial charge is 0.396 e. The summed E-state index contributed by atoms with van der Waals surface area (Å²) in [7, 11) is 0. The number of hydrogen-bond acceptors (Lipinski definition) is 2. The van der Waals surface area contributed by atoms with Crippen molar-refractivity contribution in [3.8, 4) is 0 Å². The quantitative estimate of drug-likeness (QED) is 0.487. The van der Waals surface area contributed by atoms with Crippen LogP contribution in [0.25, 0.3) is 0 Å². The number of unbranched alkanes of at least 4 members (excludes halogenated alkanes) is 7. The molecule has 0 saturated heterocycles. The summed E-state index contributed by atoms with van der Waals surface area (Å²) in [4.78, 5) is 0. The normalized spacial score (nSPS) is 14.7. The summed E-state index contributed by atoms with van der Waals surface area (Å²) in [6, 6.07) is 0. The Labute approximate surface area is 114 Å². The van der Waals surface area contributed by atoms with E-state index in [9.17, 15) is 0 Å². The van der Waals surface area contributed by atoms with Gasteiger partial charge >= 0.3 is 0 Å². The van der Waals surface area contributed by atoms with E-state index in [0.717, 1.165) is 0 Å². The molecule has 0 fully saturated rings. The maximum atomic E-state index is 8.90. The van der Waals surface area contributed by atoms with E-state index in [1.807, 2.05) is 0 Å². The van der Waals surface area contributed by atoms with Crippen LogP contribution in [0.5, 0.6) is 0 Å². The fourth-order valence-corrected chi connectivity index (χ4v) is 2.23. The molecule has 110 valence electrons. The SMILES string of the molecule is CC(CO)CCCCCCCCCCC(C)CO. The average Bonchev–Trinajstić information content (AvgIpc) is 2.40. The summed E-state index contributed by atoms with van der Waals surface area (Å²) in [6.45, 7) is 4.92. The molecule has 0 spiro atoms. The minimum Gasteiger partial charge on any atom is -0.396 e. The molecule has 0 aliphatic rings. The van der Waals surface area contributed by atoms with Crippen molar-refractivity contribution in [1.82, 2.24) is 0 Å². The molecule has 0 amide bonds. The average molecular weight is 258 g/mol. The Morgan fingerprint density at radius 3 is 1.11 bits per heavy atom. The lowest BCUT2D eigenvalue weighted by atomic mass is 10.0. The van der Waals surface area contributed by atoms with E-state index in [1.165, 1.54) is 64.2 Å². The molecule has 0 rings (SSSR count). The molecular formula is C16H34O2. The van der Waals surface area contributed by atoms with Gasteiger partial charge in [-0.15, -0.1) is 0 Å². The third-order valence-corrected chi connectivity index (χ3v) is 3.77. The summed E-state index contributed by atoms with van der Waals surface area (Å²) in [6.07, 6.45) is 13.0. The third kappa shape index (κ3) is 12.4. The van der Waals surface area contributed by atoms with Crippen LogP contribution in [-0.2, 0) is 0 Å². The molecular weight excluding hydrogens is 224 g/mol. The Morgan fingerprint density at radius 1 is 0.556 bits per heavy atom. The van der Waals surface area contributed by atoms with Crippen molar-refractivity contribution in [2.75, 3.05) is 13.2 Å². The van der Waals surface area contributed by atoms with E-state index in [-0.39, 0.29) is 0 Å². The van der Waals surface area contributed by atoms with Crippen molar-refractivity contribution in [2.24, 2.45) is 11.8 Å². The van der Waals surface area contributed by atoms with Gasteiger partial charge in [-0.25, -0.2) is 0 Å². The van der Waals surface area contributed by atoms with Gasteiger partial charge in [0.15, 0.2) is 0 Å². The summed E-state index contributed by atoms with van der Waals surface area (Å²) in [5.74, 6) is 0.969. The zero-order valence-electron chi connectivity index (χ0n) is 12.5. The number of aliphatic hydroxyl groups is 2. The predicted octanol–water partition coefficient (Wildman–Crippen LogP) is 4.14. The Morgan fingerprint density at radius 2 is 0.833 bits per heavy atom. The number of rotatable bonds is 13. The van der Waals surface area contributed by atoms with Crippen LogP contribution in [0.1, 0.15) is 78.1 Å². The lowest BCUT2D eigenvalue weighted by molar-refractivity contribution is 0.226. The molecule has 0 radical (unpaired) electrons. The topological polar surface area (TPSA) is 40.5 Å². The molecule has 0 aliphatic carbocycles. The maximum absolute atomic E-state index is 8.90. The molecule has 2 N–H and O–H groups in total. The minimum absolute atomic E-state index is 0.340. The summed E-state index contributed by atoms with van der Waals surface area (Å²) in [5, 5.41) is 17.8. The second kappa shape index (κ2) is 13.4. The zero-order chi connectivity index (χ0) is 13.6. The highest BCUT2D eigenvalue weighted by molar-refractivity contribution is 4.53. The highest BCUT2D eigenvalue weighted by atomic mass is 16.3. The Balaban J connectivity index is 3.03. The van der Waals surface area contributed by atoms with E-state index in [2.05, 4.69) is 13.8 Å². The molecule has 2 atom stereocenters. The molecule has 0 bridgehead atoms. The summed E-state index contributed by atoms with van der Waals surface area (Å²) >= 11 is 0. The van der Waals surface area contributed by atoms with Crippen LogP contribution >= 0.6 is 0 Å². The van der Waals surface area contributed by atoms with Crippen molar-refractivity contribution in [1.29, 1.82) is 0 Å². The summed E-state index contributed by atoms with van der Waals surface area (Å²) in [5.41, 5.74) is 0. The van der Waals surface area contributed by atoms with Gasteiger partial charge < -0.3 is 10.2 Å². The van der Waals surface area contributed by atoms with Crippen LogP contribution in [0.15, 0.2) is 0 Å². The van der Waals surface area contributed by atoms with E-state index >= 15 is 0 Å². The first-order chi connectivity index (χ1) is 8.70. The molecule has 2 nitrogen and oxygen atoms in total. The van der Waals surface area contributed by atoms with Gasteiger partial charge in [-0.2, -0.15) is 0 Å². The third-order valence-electron chi connectivity index (χ3n) is 3.77. The van der Waals surface area contributed by atoms with Gasteiger partial charge in [0.1, 0.15) is 0 Å². The molecule has 18 heavy (non-hydrogen) atoms. The van der Waals surface area contributed by atoms with Crippen molar-refractivity contribution in [3.63, 3.8) is 0 Å². The van der Waals surface area contributed by atoms with E-state index in [4.69, 9.17) is 10.2 Å². The molecule has 2 heteroatoms. The number of hydrogen-bond donors (Lipinski definition) is 2. The van der Waals surface area contributed by atoms with E-state index < -0.39 is 0 Å². The Hall–Kier alpha value is -0.0800. The second-order valence-corrected chi connectivity index (χ2v) is 5.98. The molecule has 2 unspecified atom stereocenters. The highest BCUT2D eigenvalue weighted by Gasteiger charge is 2.00. The molecule has 0 saturated carbocycles. The lowest BCUT2D eigenvalue weighted by Crippen LogP contribution is -2.00. The first-order valence-electron chi connectivity index (χ1n) is 7.92. The monoisotopic (exact) mass is 258 g/mol. The molecule has 0 aromatic heterocycles. The van der Waals surface area contributed by atoms with Crippen molar-refractivity contribution >= 4 is 0 Å². The van der Waals surface area contributed by atoms with Crippen LogP contribution in [0.2, 0.25) is 0 Å². The first kappa shape index (κ1) is 17.9. The van der Waals surface area contributed by atoms with Gasteiger partial charge in [0.2, 0.25) is 0 Å². The summed E-state index contributed by atoms with van der Waals surface area (Å²) < 4.78 is 0. The molecule has 0 aromatic rings. The van der Waals surface area contributed by atoms with Gasteiger partial charge in [-0.05, 0) is 24.7 Å². The molecule has 0 aliphatic heterocycles. The Kier molecular flexibility index (Phi) is 13.3. The fourth-order valence-electron chi connectivity index (χ4n) is 2.23. The standard InChI is InChI=1S/C16H34O2/c1-15(13-17)11-9-7-5-3-4-6-8-10-12-16(2)14-18/h15-18H,3-14H2,1-2H3. The van der Waals surface area contributed by atoms with Gasteiger partial charge in [-0.1, -0.05) is 65.2 Å². The van der Waals surface area contributed by atoms with Crippen LogP contribution in [0.4, 0.5) is 0 Å².